The van der Waals surface area contributed by atoms with Crippen molar-refractivity contribution in [3.05, 3.63) is 57.5 Å². The van der Waals surface area contributed by atoms with Gasteiger partial charge in [-0.05, 0) is 24.3 Å². The van der Waals surface area contributed by atoms with Crippen molar-refractivity contribution in [1.82, 2.24) is 4.98 Å². The van der Waals surface area contributed by atoms with Gasteiger partial charge in [-0.3, -0.25) is 0 Å². The number of hydrogen-bond donors (Lipinski definition) is 0. The molecular weight excluding hydrogens is 308 g/mol. The van der Waals surface area contributed by atoms with E-state index in [2.05, 4.69) is 20.9 Å². The van der Waals surface area contributed by atoms with Gasteiger partial charge in [-0.2, -0.15) is 0 Å². The highest BCUT2D eigenvalue weighted by Crippen LogP contribution is 2.20. The molecule has 2 rings (SSSR count). The molecular formula is C12H8BrClFNO. The van der Waals surface area contributed by atoms with Crippen molar-refractivity contribution < 1.29 is 9.13 Å². The van der Waals surface area contributed by atoms with Crippen LogP contribution < -0.4 is 4.74 Å². The van der Waals surface area contributed by atoms with Gasteiger partial charge >= 0.3 is 0 Å². The first-order chi connectivity index (χ1) is 8.15. The average molecular weight is 317 g/mol. The van der Waals surface area contributed by atoms with E-state index in [1.54, 1.807) is 24.4 Å². The van der Waals surface area contributed by atoms with Crippen LogP contribution in [0.25, 0.3) is 0 Å². The molecule has 0 bridgehead atoms. The largest absolute Gasteiger partial charge is 0.487 e. The van der Waals surface area contributed by atoms with Crippen LogP contribution in [0.3, 0.4) is 0 Å². The monoisotopic (exact) mass is 315 g/mol. The fraction of sp³-hybridized carbons (Fsp3) is 0.0833. The number of pyridine rings is 1. The van der Waals surface area contributed by atoms with Crippen LogP contribution in [0.5, 0.6) is 5.75 Å². The van der Waals surface area contributed by atoms with Crippen molar-refractivity contribution in [2.75, 3.05) is 0 Å². The van der Waals surface area contributed by atoms with E-state index < -0.39 is 0 Å². The number of rotatable bonds is 3. The molecule has 0 unspecified atom stereocenters. The number of nitrogens with zero attached hydrogens (tertiary/aromatic N) is 1. The zero-order valence-electron chi connectivity index (χ0n) is 8.66. The summed E-state index contributed by atoms with van der Waals surface area (Å²) >= 11 is 8.93. The van der Waals surface area contributed by atoms with E-state index in [1.165, 1.54) is 12.1 Å². The smallest absolute Gasteiger partial charge is 0.138 e. The number of hydrogen-bond acceptors (Lipinski definition) is 2. The third-order valence-corrected chi connectivity index (χ3v) is 3.07. The number of ether oxygens (including phenoxy) is 1. The SMILES string of the molecule is Fc1ccc(COc2ccc(Cl)nc2)c(Br)c1. The number of benzene rings is 1. The second kappa shape index (κ2) is 5.47. The fourth-order valence-corrected chi connectivity index (χ4v) is 1.82. The van der Waals surface area contributed by atoms with Crippen molar-refractivity contribution in [3.63, 3.8) is 0 Å². The normalized spacial score (nSPS) is 10.3. The summed E-state index contributed by atoms with van der Waals surface area (Å²) < 4.78 is 19.0. The van der Waals surface area contributed by atoms with E-state index in [9.17, 15) is 4.39 Å². The Labute approximate surface area is 112 Å². The minimum Gasteiger partial charge on any atom is -0.487 e. The van der Waals surface area contributed by atoms with E-state index in [1.807, 2.05) is 0 Å². The highest BCUT2D eigenvalue weighted by atomic mass is 79.9. The molecule has 0 saturated heterocycles. The summed E-state index contributed by atoms with van der Waals surface area (Å²) in [7, 11) is 0. The Balaban J connectivity index is 2.04. The Kier molecular flexibility index (Phi) is 3.97. The quantitative estimate of drug-likeness (QED) is 0.791. The van der Waals surface area contributed by atoms with Crippen LogP contribution in [-0.4, -0.2) is 4.98 Å². The first kappa shape index (κ1) is 12.3. The van der Waals surface area contributed by atoms with Crippen LogP contribution in [-0.2, 0) is 6.61 Å². The van der Waals surface area contributed by atoms with Crippen LogP contribution >= 0.6 is 27.5 Å². The highest BCUT2D eigenvalue weighted by molar-refractivity contribution is 9.10. The second-order valence-corrected chi connectivity index (χ2v) is 4.58. The molecule has 0 radical (unpaired) electrons. The zero-order chi connectivity index (χ0) is 12.3. The number of halogens is 3. The molecule has 2 aromatic rings. The molecule has 0 spiro atoms. The van der Waals surface area contributed by atoms with Gasteiger partial charge in [0.25, 0.3) is 0 Å². The molecule has 0 amide bonds. The van der Waals surface area contributed by atoms with Gasteiger partial charge in [-0.1, -0.05) is 33.6 Å². The van der Waals surface area contributed by atoms with Crippen molar-refractivity contribution in [2.24, 2.45) is 0 Å². The van der Waals surface area contributed by atoms with E-state index in [0.717, 1.165) is 5.56 Å². The Hall–Kier alpha value is -1.13. The summed E-state index contributed by atoms with van der Waals surface area (Å²) in [6.45, 7) is 0.337. The van der Waals surface area contributed by atoms with E-state index in [-0.39, 0.29) is 5.82 Å². The molecule has 17 heavy (non-hydrogen) atoms. The molecule has 5 heteroatoms. The van der Waals surface area contributed by atoms with Gasteiger partial charge in [0, 0.05) is 10.0 Å². The topological polar surface area (TPSA) is 22.1 Å². The molecule has 1 aromatic heterocycles. The first-order valence-corrected chi connectivity index (χ1v) is 6.00. The van der Waals surface area contributed by atoms with E-state index in [0.29, 0.717) is 22.0 Å². The van der Waals surface area contributed by atoms with Crippen molar-refractivity contribution in [2.45, 2.75) is 6.61 Å². The van der Waals surface area contributed by atoms with Gasteiger partial charge in [0.05, 0.1) is 6.20 Å². The molecule has 0 atom stereocenters. The standard InChI is InChI=1S/C12H8BrClFNO/c13-11-5-9(15)2-1-8(11)7-17-10-3-4-12(14)16-6-10/h1-6H,7H2. The van der Waals surface area contributed by atoms with Gasteiger partial charge in [0.2, 0.25) is 0 Å². The predicted octanol–water partition coefficient (Wildman–Crippen LogP) is 4.22. The van der Waals surface area contributed by atoms with Crippen LogP contribution in [0.4, 0.5) is 4.39 Å². The molecule has 2 nitrogen and oxygen atoms in total. The van der Waals surface area contributed by atoms with Gasteiger partial charge in [0.1, 0.15) is 23.3 Å². The Morgan fingerprint density at radius 1 is 1.29 bits per heavy atom. The maximum atomic E-state index is 12.9. The Morgan fingerprint density at radius 2 is 2.12 bits per heavy atom. The van der Waals surface area contributed by atoms with Crippen LogP contribution in [0.15, 0.2) is 41.0 Å². The lowest BCUT2D eigenvalue weighted by atomic mass is 10.2. The lowest BCUT2D eigenvalue weighted by Crippen LogP contribution is -1.97. The Morgan fingerprint density at radius 3 is 2.76 bits per heavy atom. The van der Waals surface area contributed by atoms with E-state index >= 15 is 0 Å². The second-order valence-electron chi connectivity index (χ2n) is 3.34. The molecule has 0 aliphatic carbocycles. The summed E-state index contributed by atoms with van der Waals surface area (Å²) in [6, 6.07) is 7.84. The van der Waals surface area contributed by atoms with Gasteiger partial charge in [0.15, 0.2) is 0 Å². The third kappa shape index (κ3) is 3.41. The summed E-state index contributed by atoms with van der Waals surface area (Å²) in [5, 5.41) is 0.417. The van der Waals surface area contributed by atoms with Gasteiger partial charge in [-0.15, -0.1) is 0 Å². The molecule has 0 fully saturated rings. The fourth-order valence-electron chi connectivity index (χ4n) is 1.25. The van der Waals surface area contributed by atoms with Crippen LogP contribution in [0.2, 0.25) is 5.15 Å². The molecule has 0 N–H and O–H groups in total. The summed E-state index contributed by atoms with van der Waals surface area (Å²) in [5.74, 6) is 0.333. The maximum Gasteiger partial charge on any atom is 0.138 e. The zero-order valence-corrected chi connectivity index (χ0v) is 11.0. The van der Waals surface area contributed by atoms with Crippen molar-refractivity contribution >= 4 is 27.5 Å². The third-order valence-electron chi connectivity index (χ3n) is 2.11. The molecule has 88 valence electrons. The van der Waals surface area contributed by atoms with Gasteiger partial charge in [-0.25, -0.2) is 9.37 Å². The summed E-state index contributed by atoms with van der Waals surface area (Å²) in [6.07, 6.45) is 1.54. The molecule has 1 aromatic carbocycles. The molecule has 0 aliphatic heterocycles. The minimum atomic E-state index is -0.284. The van der Waals surface area contributed by atoms with Crippen molar-refractivity contribution in [1.29, 1.82) is 0 Å². The predicted molar refractivity (Wildman–Crippen MR) is 67.7 cm³/mol. The number of aromatic nitrogens is 1. The van der Waals surface area contributed by atoms with Crippen LogP contribution in [0.1, 0.15) is 5.56 Å². The van der Waals surface area contributed by atoms with Crippen LogP contribution in [0, 0.1) is 5.82 Å². The Bertz CT molecular complexity index is 518. The molecule has 0 saturated carbocycles. The van der Waals surface area contributed by atoms with Gasteiger partial charge < -0.3 is 4.74 Å². The first-order valence-electron chi connectivity index (χ1n) is 4.83. The summed E-state index contributed by atoms with van der Waals surface area (Å²) in [5.41, 5.74) is 0.862. The summed E-state index contributed by atoms with van der Waals surface area (Å²) in [4.78, 5) is 3.90. The maximum absolute atomic E-state index is 12.9. The lowest BCUT2D eigenvalue weighted by molar-refractivity contribution is 0.304. The minimum absolute atomic E-state index is 0.284. The highest BCUT2D eigenvalue weighted by Gasteiger charge is 2.03. The molecule has 1 heterocycles. The van der Waals surface area contributed by atoms with Crippen molar-refractivity contribution in [3.8, 4) is 5.75 Å². The average Bonchev–Trinajstić information content (AvgIpc) is 2.30. The molecule has 0 aliphatic rings. The lowest BCUT2D eigenvalue weighted by Gasteiger charge is -2.07. The van der Waals surface area contributed by atoms with E-state index in [4.69, 9.17) is 16.3 Å².